The molecule has 1 aromatic rings. The third kappa shape index (κ3) is 5.70. The minimum absolute atomic E-state index is 0.0158. The van der Waals surface area contributed by atoms with Crippen LogP contribution in [0.1, 0.15) is 18.9 Å². The summed E-state index contributed by atoms with van der Waals surface area (Å²) in [6.45, 7) is 3.31. The lowest BCUT2D eigenvalue weighted by molar-refractivity contribution is 0.554. The van der Waals surface area contributed by atoms with Crippen LogP contribution in [0, 0.1) is 12.7 Å². The molecule has 9 heteroatoms. The van der Waals surface area contributed by atoms with Gasteiger partial charge in [-0.25, -0.2) is 30.7 Å². The summed E-state index contributed by atoms with van der Waals surface area (Å²) in [5.74, 6) is -0.854. The first-order chi connectivity index (χ1) is 9.68. The molecule has 0 bridgehead atoms. The van der Waals surface area contributed by atoms with Gasteiger partial charge in [-0.2, -0.15) is 0 Å². The Bertz CT molecular complexity index is 687. The third-order valence-electron chi connectivity index (χ3n) is 2.72. The summed E-state index contributed by atoms with van der Waals surface area (Å²) in [7, 11) is -7.22. The van der Waals surface area contributed by atoms with Gasteiger partial charge in [0.25, 0.3) is 0 Å². The highest BCUT2D eigenvalue weighted by Gasteiger charge is 2.18. The molecule has 120 valence electrons. The van der Waals surface area contributed by atoms with Gasteiger partial charge in [0.05, 0.1) is 5.75 Å². The quantitative estimate of drug-likeness (QED) is 0.684. The van der Waals surface area contributed by atoms with E-state index in [0.29, 0.717) is 5.56 Å². The van der Waals surface area contributed by atoms with E-state index in [9.17, 15) is 21.2 Å². The number of nitrogens with one attached hydrogen (secondary N) is 2. The number of hydrogen-bond acceptors (Lipinski definition) is 4. The Morgan fingerprint density at radius 2 is 1.71 bits per heavy atom. The molecule has 0 saturated heterocycles. The maximum Gasteiger partial charge on any atom is 0.243 e. The first kappa shape index (κ1) is 18.0. The Morgan fingerprint density at radius 3 is 2.33 bits per heavy atom. The van der Waals surface area contributed by atoms with E-state index in [4.69, 9.17) is 0 Å². The van der Waals surface area contributed by atoms with Crippen molar-refractivity contribution in [3.63, 3.8) is 0 Å². The zero-order valence-electron chi connectivity index (χ0n) is 11.9. The van der Waals surface area contributed by atoms with Gasteiger partial charge in [0.15, 0.2) is 0 Å². The van der Waals surface area contributed by atoms with Crippen molar-refractivity contribution in [2.24, 2.45) is 0 Å². The number of benzene rings is 1. The molecule has 0 aliphatic heterocycles. The maximum absolute atomic E-state index is 13.5. The van der Waals surface area contributed by atoms with Gasteiger partial charge in [0.1, 0.15) is 10.7 Å². The predicted octanol–water partition coefficient (Wildman–Crippen LogP) is 0.742. The van der Waals surface area contributed by atoms with Gasteiger partial charge in [-0.05, 0) is 38.0 Å². The molecular weight excluding hydrogens is 319 g/mol. The summed E-state index contributed by atoms with van der Waals surface area (Å²) >= 11 is 0. The lowest BCUT2D eigenvalue weighted by Gasteiger charge is -2.09. The van der Waals surface area contributed by atoms with E-state index in [1.807, 2.05) is 0 Å². The molecule has 0 unspecified atom stereocenters. The van der Waals surface area contributed by atoms with Crippen LogP contribution in [-0.4, -0.2) is 35.7 Å². The van der Waals surface area contributed by atoms with Crippen molar-refractivity contribution in [2.45, 2.75) is 25.2 Å². The van der Waals surface area contributed by atoms with Gasteiger partial charge in [-0.1, -0.05) is 6.07 Å². The average molecular weight is 338 g/mol. The maximum atomic E-state index is 13.5. The molecule has 0 fully saturated rings. The Labute approximate surface area is 124 Å². The fourth-order valence-electron chi connectivity index (χ4n) is 1.52. The zero-order chi connectivity index (χ0) is 16.1. The molecule has 0 spiro atoms. The smallest absolute Gasteiger partial charge is 0.215 e. The van der Waals surface area contributed by atoms with Crippen molar-refractivity contribution in [3.8, 4) is 0 Å². The van der Waals surface area contributed by atoms with Crippen molar-refractivity contribution < 1.29 is 21.2 Å². The van der Waals surface area contributed by atoms with Crippen molar-refractivity contribution in [2.75, 3.05) is 18.8 Å². The van der Waals surface area contributed by atoms with Crippen LogP contribution in [0.4, 0.5) is 4.39 Å². The van der Waals surface area contributed by atoms with Crippen LogP contribution in [0.2, 0.25) is 0 Å². The predicted molar refractivity (Wildman–Crippen MR) is 78.4 cm³/mol. The van der Waals surface area contributed by atoms with E-state index >= 15 is 0 Å². The van der Waals surface area contributed by atoms with Crippen LogP contribution in [0.25, 0.3) is 0 Å². The van der Waals surface area contributed by atoms with Gasteiger partial charge >= 0.3 is 0 Å². The highest BCUT2D eigenvalue weighted by atomic mass is 32.2. The highest BCUT2D eigenvalue weighted by molar-refractivity contribution is 7.89. The molecule has 0 aliphatic rings. The minimum atomic E-state index is -3.94. The lowest BCUT2D eigenvalue weighted by atomic mass is 10.2. The van der Waals surface area contributed by atoms with Crippen LogP contribution in [0.15, 0.2) is 23.1 Å². The lowest BCUT2D eigenvalue weighted by Crippen LogP contribution is -2.31. The second-order valence-electron chi connectivity index (χ2n) is 4.48. The summed E-state index contributed by atoms with van der Waals surface area (Å²) in [6.07, 6.45) is 0.270. The van der Waals surface area contributed by atoms with Crippen LogP contribution in [0.3, 0.4) is 0 Å². The fourth-order valence-corrected chi connectivity index (χ4v) is 3.41. The molecule has 1 rings (SSSR count). The van der Waals surface area contributed by atoms with Crippen molar-refractivity contribution in [3.05, 3.63) is 29.6 Å². The van der Waals surface area contributed by atoms with Crippen LogP contribution < -0.4 is 9.44 Å². The summed E-state index contributed by atoms with van der Waals surface area (Å²) in [5, 5.41) is 0. The summed E-state index contributed by atoms with van der Waals surface area (Å²) in [5.41, 5.74) is 0.632. The van der Waals surface area contributed by atoms with E-state index < -0.39 is 30.8 Å². The van der Waals surface area contributed by atoms with Crippen LogP contribution >= 0.6 is 0 Å². The minimum Gasteiger partial charge on any atom is -0.215 e. The van der Waals surface area contributed by atoms with E-state index in [-0.39, 0.29) is 25.3 Å². The van der Waals surface area contributed by atoms with Gasteiger partial charge in [0, 0.05) is 13.1 Å². The summed E-state index contributed by atoms with van der Waals surface area (Å²) in [6, 6.07) is 3.82. The van der Waals surface area contributed by atoms with Gasteiger partial charge < -0.3 is 0 Å². The molecule has 0 atom stereocenters. The molecule has 6 nitrogen and oxygen atoms in total. The Hall–Kier alpha value is -1.03. The largest absolute Gasteiger partial charge is 0.243 e. The molecule has 2 N–H and O–H groups in total. The Kier molecular flexibility index (Phi) is 6.26. The molecule has 0 aliphatic carbocycles. The molecule has 0 heterocycles. The second-order valence-corrected chi connectivity index (χ2v) is 8.31. The number of sulfonamides is 2. The highest BCUT2D eigenvalue weighted by Crippen LogP contribution is 2.15. The fraction of sp³-hybridized carbons (Fsp3) is 0.500. The third-order valence-corrected chi connectivity index (χ3v) is 5.60. The number of aryl methyl sites for hydroxylation is 1. The number of halogens is 1. The Morgan fingerprint density at radius 1 is 1.10 bits per heavy atom. The molecule has 0 saturated carbocycles. The van der Waals surface area contributed by atoms with Crippen molar-refractivity contribution >= 4 is 20.0 Å². The van der Waals surface area contributed by atoms with E-state index in [0.717, 1.165) is 6.07 Å². The standard InChI is InChI=1S/C12H19FN2O4S2/c1-3-20(16,17)14-7-4-8-15-21(18,19)12-9-10(2)5-6-11(12)13/h5-6,9,14-15H,3-4,7-8H2,1-2H3. The SMILES string of the molecule is CCS(=O)(=O)NCCCNS(=O)(=O)c1cc(C)ccc1F. The molecule has 0 radical (unpaired) electrons. The van der Waals surface area contributed by atoms with E-state index in [2.05, 4.69) is 9.44 Å². The Balaban J connectivity index is 2.57. The second kappa shape index (κ2) is 7.30. The molecule has 0 aromatic heterocycles. The summed E-state index contributed by atoms with van der Waals surface area (Å²) < 4.78 is 64.3. The normalized spacial score (nSPS) is 12.5. The van der Waals surface area contributed by atoms with Crippen molar-refractivity contribution in [1.29, 1.82) is 0 Å². The number of rotatable bonds is 8. The van der Waals surface area contributed by atoms with E-state index in [1.165, 1.54) is 19.1 Å². The van der Waals surface area contributed by atoms with Crippen LogP contribution in [0.5, 0.6) is 0 Å². The number of hydrogen-bond donors (Lipinski definition) is 2. The summed E-state index contributed by atoms with van der Waals surface area (Å²) in [4.78, 5) is -0.406. The topological polar surface area (TPSA) is 92.3 Å². The van der Waals surface area contributed by atoms with Gasteiger partial charge in [-0.3, -0.25) is 0 Å². The van der Waals surface area contributed by atoms with Crippen LogP contribution in [-0.2, 0) is 20.0 Å². The molecule has 0 amide bonds. The average Bonchev–Trinajstić information content (AvgIpc) is 2.41. The van der Waals surface area contributed by atoms with E-state index in [1.54, 1.807) is 6.92 Å². The first-order valence-corrected chi connectivity index (χ1v) is 9.54. The molecule has 21 heavy (non-hydrogen) atoms. The zero-order valence-corrected chi connectivity index (χ0v) is 13.5. The van der Waals surface area contributed by atoms with Crippen molar-refractivity contribution in [1.82, 2.24) is 9.44 Å². The van der Waals surface area contributed by atoms with Gasteiger partial charge in [-0.15, -0.1) is 0 Å². The monoisotopic (exact) mass is 338 g/mol. The van der Waals surface area contributed by atoms with Gasteiger partial charge in [0.2, 0.25) is 20.0 Å². The first-order valence-electron chi connectivity index (χ1n) is 6.41. The molecular formula is C12H19FN2O4S2. The molecule has 1 aromatic carbocycles.